The molecule has 1 amide bonds. The van der Waals surface area contributed by atoms with Crippen molar-refractivity contribution in [2.24, 2.45) is 17.1 Å². The molecule has 0 aromatic carbocycles. The van der Waals surface area contributed by atoms with Crippen molar-refractivity contribution in [2.75, 3.05) is 32.8 Å². The summed E-state index contributed by atoms with van der Waals surface area (Å²) in [6.45, 7) is 4.25. The lowest BCUT2D eigenvalue weighted by Crippen LogP contribution is -2.55. The van der Waals surface area contributed by atoms with Crippen LogP contribution in [0.5, 0.6) is 0 Å². The minimum atomic E-state index is -0.371. The zero-order valence-corrected chi connectivity index (χ0v) is 11.8. The van der Waals surface area contributed by atoms with Crippen molar-refractivity contribution in [3.05, 3.63) is 0 Å². The lowest BCUT2D eigenvalue weighted by Gasteiger charge is -2.42. The first-order valence-corrected chi connectivity index (χ1v) is 7.33. The first-order valence-electron chi connectivity index (χ1n) is 7.33. The summed E-state index contributed by atoms with van der Waals surface area (Å²) < 4.78 is 5.40. The molecule has 0 aromatic rings. The molecule has 1 saturated carbocycles. The molecule has 1 aliphatic heterocycles. The molecule has 110 valence electrons. The zero-order chi connectivity index (χ0) is 13.9. The van der Waals surface area contributed by atoms with E-state index < -0.39 is 0 Å². The number of nitrogens with zero attached hydrogens (tertiary/aromatic N) is 1. The number of carbonyl (C=O) groups excluding carboxylic acids is 1. The van der Waals surface area contributed by atoms with Crippen LogP contribution >= 0.6 is 0 Å². The van der Waals surface area contributed by atoms with Gasteiger partial charge in [-0.1, -0.05) is 6.92 Å². The SMILES string of the molecule is CC1CCC(CN)(C(=O)N2CCOC(CO)C2)CC1. The topological polar surface area (TPSA) is 75.8 Å². The fourth-order valence-electron chi connectivity index (χ4n) is 3.17. The molecule has 1 unspecified atom stereocenters. The van der Waals surface area contributed by atoms with Crippen LogP contribution in [0.15, 0.2) is 0 Å². The number of amides is 1. The second-order valence-electron chi connectivity index (χ2n) is 6.09. The summed E-state index contributed by atoms with van der Waals surface area (Å²) >= 11 is 0. The molecule has 3 N–H and O–H groups in total. The molecular weight excluding hydrogens is 244 g/mol. The van der Waals surface area contributed by atoms with E-state index in [0.29, 0.717) is 32.2 Å². The van der Waals surface area contributed by atoms with E-state index in [0.717, 1.165) is 25.7 Å². The van der Waals surface area contributed by atoms with Crippen LogP contribution in [0.1, 0.15) is 32.6 Å². The summed E-state index contributed by atoms with van der Waals surface area (Å²) in [7, 11) is 0. The Balaban J connectivity index is 2.03. The van der Waals surface area contributed by atoms with Gasteiger partial charge in [-0.3, -0.25) is 4.79 Å². The number of hydrogen-bond donors (Lipinski definition) is 2. The molecule has 0 spiro atoms. The molecule has 1 aliphatic carbocycles. The molecule has 0 aromatic heterocycles. The molecule has 2 fully saturated rings. The molecule has 1 saturated heterocycles. The molecule has 2 rings (SSSR count). The van der Waals surface area contributed by atoms with Gasteiger partial charge in [-0.15, -0.1) is 0 Å². The van der Waals surface area contributed by atoms with E-state index in [1.165, 1.54) is 0 Å². The third-order valence-corrected chi connectivity index (χ3v) is 4.71. The monoisotopic (exact) mass is 270 g/mol. The lowest BCUT2D eigenvalue weighted by molar-refractivity contribution is -0.153. The predicted molar refractivity (Wildman–Crippen MR) is 72.5 cm³/mol. The zero-order valence-electron chi connectivity index (χ0n) is 11.8. The average molecular weight is 270 g/mol. The van der Waals surface area contributed by atoms with Gasteiger partial charge in [0.1, 0.15) is 0 Å². The third kappa shape index (κ3) is 3.09. The maximum absolute atomic E-state index is 12.8. The quantitative estimate of drug-likeness (QED) is 0.776. The first kappa shape index (κ1) is 14.8. The number of ether oxygens (including phenoxy) is 1. The molecule has 2 aliphatic rings. The minimum absolute atomic E-state index is 0.0313. The van der Waals surface area contributed by atoms with Crippen molar-refractivity contribution in [3.8, 4) is 0 Å². The highest BCUT2D eigenvalue weighted by atomic mass is 16.5. The Morgan fingerprint density at radius 2 is 2.16 bits per heavy atom. The van der Waals surface area contributed by atoms with Gasteiger partial charge in [-0.25, -0.2) is 0 Å². The summed E-state index contributed by atoms with van der Waals surface area (Å²) in [4.78, 5) is 14.6. The van der Waals surface area contributed by atoms with Crippen molar-refractivity contribution in [3.63, 3.8) is 0 Å². The molecule has 1 heterocycles. The van der Waals surface area contributed by atoms with Gasteiger partial charge in [0, 0.05) is 19.6 Å². The number of aliphatic hydroxyl groups is 1. The number of aliphatic hydroxyl groups excluding tert-OH is 1. The van der Waals surface area contributed by atoms with Gasteiger partial charge in [-0.05, 0) is 31.6 Å². The number of nitrogens with two attached hydrogens (primary N) is 1. The van der Waals surface area contributed by atoms with Gasteiger partial charge >= 0.3 is 0 Å². The van der Waals surface area contributed by atoms with E-state index in [4.69, 9.17) is 15.6 Å². The summed E-state index contributed by atoms with van der Waals surface area (Å²) in [5.41, 5.74) is 5.56. The fraction of sp³-hybridized carbons (Fsp3) is 0.929. The van der Waals surface area contributed by atoms with Gasteiger partial charge in [0.15, 0.2) is 0 Å². The molecule has 5 heteroatoms. The van der Waals surface area contributed by atoms with Crippen LogP contribution in [0.4, 0.5) is 0 Å². The number of morpholine rings is 1. The van der Waals surface area contributed by atoms with Crippen LogP contribution in [-0.4, -0.2) is 54.9 Å². The van der Waals surface area contributed by atoms with Crippen LogP contribution in [0.2, 0.25) is 0 Å². The number of hydrogen-bond acceptors (Lipinski definition) is 4. The van der Waals surface area contributed by atoms with Crippen molar-refractivity contribution >= 4 is 5.91 Å². The van der Waals surface area contributed by atoms with Gasteiger partial charge in [0.25, 0.3) is 0 Å². The van der Waals surface area contributed by atoms with Crippen molar-refractivity contribution in [1.29, 1.82) is 0 Å². The van der Waals surface area contributed by atoms with Crippen LogP contribution in [0.3, 0.4) is 0 Å². The normalized spacial score (nSPS) is 36.3. The summed E-state index contributed by atoms with van der Waals surface area (Å²) in [6.07, 6.45) is 3.71. The number of rotatable bonds is 3. The maximum atomic E-state index is 12.8. The fourth-order valence-corrected chi connectivity index (χ4v) is 3.17. The van der Waals surface area contributed by atoms with Gasteiger partial charge in [0.2, 0.25) is 5.91 Å². The van der Waals surface area contributed by atoms with E-state index in [1.54, 1.807) is 0 Å². The Morgan fingerprint density at radius 1 is 1.47 bits per heavy atom. The van der Waals surface area contributed by atoms with E-state index in [9.17, 15) is 4.79 Å². The smallest absolute Gasteiger partial charge is 0.230 e. The van der Waals surface area contributed by atoms with Crippen LogP contribution in [0, 0.1) is 11.3 Å². The van der Waals surface area contributed by atoms with E-state index in [1.807, 2.05) is 4.90 Å². The highest BCUT2D eigenvalue weighted by Gasteiger charge is 2.43. The Labute approximate surface area is 115 Å². The molecule has 0 bridgehead atoms. The minimum Gasteiger partial charge on any atom is -0.394 e. The van der Waals surface area contributed by atoms with Crippen molar-refractivity contribution in [2.45, 2.75) is 38.7 Å². The Bertz CT molecular complexity index is 314. The van der Waals surface area contributed by atoms with E-state index in [2.05, 4.69) is 6.92 Å². The van der Waals surface area contributed by atoms with Gasteiger partial charge < -0.3 is 20.5 Å². The van der Waals surface area contributed by atoms with Crippen LogP contribution < -0.4 is 5.73 Å². The molecular formula is C14H26N2O3. The highest BCUT2D eigenvalue weighted by Crippen LogP contribution is 2.39. The average Bonchev–Trinajstić information content (AvgIpc) is 2.48. The van der Waals surface area contributed by atoms with Crippen molar-refractivity contribution < 1.29 is 14.6 Å². The second kappa shape index (κ2) is 6.20. The third-order valence-electron chi connectivity index (χ3n) is 4.71. The summed E-state index contributed by atoms with van der Waals surface area (Å²) in [5, 5.41) is 9.17. The van der Waals surface area contributed by atoms with Crippen molar-refractivity contribution in [1.82, 2.24) is 4.90 Å². The summed E-state index contributed by atoms with van der Waals surface area (Å²) in [5.74, 6) is 0.867. The summed E-state index contributed by atoms with van der Waals surface area (Å²) in [6, 6.07) is 0. The second-order valence-corrected chi connectivity index (χ2v) is 6.09. The Kier molecular flexibility index (Phi) is 4.81. The largest absolute Gasteiger partial charge is 0.394 e. The Morgan fingerprint density at radius 3 is 2.74 bits per heavy atom. The highest BCUT2D eigenvalue weighted by molar-refractivity contribution is 5.83. The molecule has 19 heavy (non-hydrogen) atoms. The lowest BCUT2D eigenvalue weighted by atomic mass is 9.70. The standard InChI is InChI=1S/C14H26N2O3/c1-11-2-4-14(10-15,5-3-11)13(18)16-6-7-19-12(8-16)9-17/h11-12,17H,2-10,15H2,1H3. The number of carbonyl (C=O) groups is 1. The van der Waals surface area contributed by atoms with Gasteiger partial charge in [-0.2, -0.15) is 0 Å². The van der Waals surface area contributed by atoms with E-state index in [-0.39, 0.29) is 24.0 Å². The molecule has 1 atom stereocenters. The van der Waals surface area contributed by atoms with Gasteiger partial charge in [0.05, 0.1) is 24.7 Å². The molecule has 5 nitrogen and oxygen atoms in total. The van der Waals surface area contributed by atoms with Crippen LogP contribution in [-0.2, 0) is 9.53 Å². The Hall–Kier alpha value is -0.650. The predicted octanol–water partition coefficient (Wildman–Crippen LogP) is 0.361. The van der Waals surface area contributed by atoms with Crippen LogP contribution in [0.25, 0.3) is 0 Å². The molecule has 0 radical (unpaired) electrons. The maximum Gasteiger partial charge on any atom is 0.230 e. The van der Waals surface area contributed by atoms with E-state index >= 15 is 0 Å². The first-order chi connectivity index (χ1) is 9.11.